The van der Waals surface area contributed by atoms with Gasteiger partial charge in [0.15, 0.2) is 0 Å². The third kappa shape index (κ3) is 5.72. The summed E-state index contributed by atoms with van der Waals surface area (Å²) in [5.41, 5.74) is 0. The molecule has 0 fully saturated rings. The number of rotatable bonds is 3. The van der Waals surface area contributed by atoms with E-state index in [0.717, 1.165) is 4.72 Å². The van der Waals surface area contributed by atoms with Crippen molar-refractivity contribution in [2.75, 3.05) is 0 Å². The molecule has 0 aliphatic rings. The van der Waals surface area contributed by atoms with Crippen molar-refractivity contribution < 1.29 is 21.5 Å². The second-order valence-electron chi connectivity index (χ2n) is 0.951. The van der Waals surface area contributed by atoms with Crippen LogP contribution in [0.2, 0.25) is 0 Å². The minimum atomic E-state index is -3.04. The van der Waals surface area contributed by atoms with Gasteiger partial charge < -0.3 is 0 Å². The first-order valence-corrected chi connectivity index (χ1v) is 3.94. The molecule has 2 atom stereocenters. The van der Waals surface area contributed by atoms with Crippen LogP contribution in [0.5, 0.6) is 0 Å². The van der Waals surface area contributed by atoms with Crippen molar-refractivity contribution in [1.29, 1.82) is 0 Å². The summed E-state index contributed by atoms with van der Waals surface area (Å²) < 4.78 is 44.3. The SMILES string of the molecule is O=C(F)NS(=O)NS(=O)F. The molecule has 0 saturated carbocycles. The zero-order chi connectivity index (χ0) is 8.15. The number of carbonyl (C=O) groups excluding carboxylic acids is 1. The molecular formula is CH2F2N2O3S2. The Hall–Kier alpha value is -0.410. The zero-order valence-electron chi connectivity index (χ0n) is 4.30. The third-order valence-electron chi connectivity index (χ3n) is 0.314. The highest BCUT2D eigenvalue weighted by atomic mass is 32.3. The van der Waals surface area contributed by atoms with Crippen molar-refractivity contribution in [2.24, 2.45) is 0 Å². The van der Waals surface area contributed by atoms with E-state index in [1.807, 2.05) is 0 Å². The van der Waals surface area contributed by atoms with Crippen molar-refractivity contribution in [3.05, 3.63) is 0 Å². The largest absolute Gasteiger partial charge is 0.410 e. The van der Waals surface area contributed by atoms with E-state index in [9.17, 15) is 21.5 Å². The predicted molar refractivity (Wildman–Crippen MR) is 30.2 cm³/mol. The Morgan fingerprint density at radius 2 is 1.90 bits per heavy atom. The fraction of sp³-hybridized carbons (Fsp3) is 0. The van der Waals surface area contributed by atoms with Crippen molar-refractivity contribution in [1.82, 2.24) is 8.85 Å². The fourth-order valence-electron chi connectivity index (χ4n) is 0.153. The highest BCUT2D eigenvalue weighted by molar-refractivity contribution is 7.95. The third-order valence-corrected chi connectivity index (χ3v) is 1.79. The summed E-state index contributed by atoms with van der Waals surface area (Å²) in [5, 5.41) is 0. The Morgan fingerprint density at radius 1 is 1.40 bits per heavy atom. The second-order valence-corrected chi connectivity index (χ2v) is 2.81. The maximum atomic E-state index is 11.3. The van der Waals surface area contributed by atoms with E-state index >= 15 is 0 Å². The monoisotopic (exact) mass is 192 g/mol. The molecule has 2 N–H and O–H groups in total. The van der Waals surface area contributed by atoms with Crippen LogP contribution >= 0.6 is 0 Å². The van der Waals surface area contributed by atoms with Crippen LogP contribution in [0.15, 0.2) is 0 Å². The Balaban J connectivity index is 3.65. The molecule has 0 aliphatic carbocycles. The number of hydrogen-bond donors (Lipinski definition) is 2. The lowest BCUT2D eigenvalue weighted by atomic mass is 11.4. The molecule has 2 unspecified atom stereocenters. The average molecular weight is 192 g/mol. The highest BCUT2D eigenvalue weighted by Gasteiger charge is 2.05. The molecule has 0 spiro atoms. The van der Waals surface area contributed by atoms with Gasteiger partial charge in [-0.3, -0.25) is 0 Å². The number of amides is 1. The minimum Gasteiger partial charge on any atom is -0.233 e. The number of nitrogens with one attached hydrogen (secondary N) is 2. The van der Waals surface area contributed by atoms with Gasteiger partial charge in [-0.15, -0.1) is 12.4 Å². The van der Waals surface area contributed by atoms with E-state index in [4.69, 9.17) is 0 Å². The molecule has 10 heavy (non-hydrogen) atoms. The Bertz CT molecular complexity index is 165. The molecule has 5 nitrogen and oxygen atoms in total. The first kappa shape index (κ1) is 9.59. The average Bonchev–Trinajstić information content (AvgIpc) is 1.58. The van der Waals surface area contributed by atoms with E-state index in [1.54, 1.807) is 0 Å². The first-order valence-electron chi connectivity index (χ1n) is 1.74. The van der Waals surface area contributed by atoms with Gasteiger partial charge in [0.25, 0.3) is 11.4 Å². The molecule has 1 amide bonds. The second kappa shape index (κ2) is 4.41. The smallest absolute Gasteiger partial charge is 0.233 e. The summed E-state index contributed by atoms with van der Waals surface area (Å²) in [7, 11) is 0. The Kier molecular flexibility index (Phi) is 4.23. The maximum absolute atomic E-state index is 11.3. The van der Waals surface area contributed by atoms with E-state index in [0.29, 0.717) is 0 Å². The lowest BCUT2D eigenvalue weighted by molar-refractivity contribution is 0.227. The van der Waals surface area contributed by atoms with Crippen LogP contribution in [0, 0.1) is 0 Å². The van der Waals surface area contributed by atoms with Crippen LogP contribution in [0.4, 0.5) is 13.1 Å². The maximum Gasteiger partial charge on any atom is 0.410 e. The molecule has 0 radical (unpaired) electrons. The quantitative estimate of drug-likeness (QED) is 0.462. The van der Waals surface area contributed by atoms with Crippen LogP contribution in [0.25, 0.3) is 0 Å². The van der Waals surface area contributed by atoms with Crippen LogP contribution in [0.3, 0.4) is 0 Å². The molecule has 0 bridgehead atoms. The van der Waals surface area contributed by atoms with E-state index in [-0.39, 0.29) is 0 Å². The van der Waals surface area contributed by atoms with Gasteiger partial charge in [-0.25, -0.2) is 17.9 Å². The number of halogens is 2. The predicted octanol–water partition coefficient (Wildman–Crippen LogP) is -0.618. The fourth-order valence-corrected chi connectivity index (χ4v) is 0.942. The van der Waals surface area contributed by atoms with Crippen molar-refractivity contribution in [2.45, 2.75) is 0 Å². The molecule has 0 aromatic heterocycles. The van der Waals surface area contributed by atoms with Crippen LogP contribution in [-0.2, 0) is 22.5 Å². The minimum absolute atomic E-state index is 1.10. The lowest BCUT2D eigenvalue weighted by Gasteiger charge is -1.94. The standard InChI is InChI=1S/CH2F2N2O3S2/c2-1(6)4-10(8)5-9(3)7/h5H,(H,4,6). The van der Waals surface area contributed by atoms with Gasteiger partial charge in [0.2, 0.25) is 11.2 Å². The zero-order valence-corrected chi connectivity index (χ0v) is 5.93. The van der Waals surface area contributed by atoms with E-state index in [1.165, 1.54) is 4.13 Å². The number of carbonyl (C=O) groups is 1. The van der Waals surface area contributed by atoms with Gasteiger partial charge in [0.05, 0.1) is 0 Å². The van der Waals surface area contributed by atoms with E-state index in [2.05, 4.69) is 0 Å². The summed E-state index contributed by atoms with van der Waals surface area (Å²) >= 11 is -5.52. The van der Waals surface area contributed by atoms with Gasteiger partial charge in [-0.1, -0.05) is 0 Å². The molecule has 0 aromatic rings. The molecule has 0 saturated heterocycles. The van der Waals surface area contributed by atoms with Crippen LogP contribution in [0.1, 0.15) is 0 Å². The lowest BCUT2D eigenvalue weighted by Crippen LogP contribution is -2.31. The Labute approximate surface area is 59.8 Å². The van der Waals surface area contributed by atoms with Gasteiger partial charge in [0, 0.05) is 0 Å². The topological polar surface area (TPSA) is 75.3 Å². The van der Waals surface area contributed by atoms with Gasteiger partial charge in [-0.2, -0.15) is 0 Å². The molecular weight excluding hydrogens is 190 g/mol. The first-order chi connectivity index (χ1) is 4.52. The molecule has 0 heterocycles. The normalized spacial score (nSPS) is 15.8. The van der Waals surface area contributed by atoms with Crippen molar-refractivity contribution in [3.63, 3.8) is 0 Å². The summed E-state index contributed by atoms with van der Waals surface area (Å²) in [6, 6.07) is 0. The number of hydrogen-bond acceptors (Lipinski definition) is 3. The van der Waals surface area contributed by atoms with Gasteiger partial charge >= 0.3 is 6.16 Å². The summed E-state index contributed by atoms with van der Waals surface area (Å²) in [4.78, 5) is 9.40. The summed E-state index contributed by atoms with van der Waals surface area (Å²) in [5.74, 6) is 0. The van der Waals surface area contributed by atoms with E-state index < -0.39 is 28.7 Å². The molecule has 0 aromatic carbocycles. The van der Waals surface area contributed by atoms with Crippen LogP contribution < -0.4 is 8.85 Å². The van der Waals surface area contributed by atoms with Crippen molar-refractivity contribution >= 4 is 28.7 Å². The highest BCUT2D eigenvalue weighted by Crippen LogP contribution is 1.78. The van der Waals surface area contributed by atoms with Gasteiger partial charge in [-0.05, 0) is 0 Å². The van der Waals surface area contributed by atoms with Gasteiger partial charge in [0.1, 0.15) is 0 Å². The molecule has 9 heteroatoms. The summed E-state index contributed by atoms with van der Waals surface area (Å²) in [6.07, 6.45) is -2.10. The van der Waals surface area contributed by atoms with Crippen molar-refractivity contribution in [3.8, 4) is 0 Å². The Morgan fingerprint density at radius 3 is 2.20 bits per heavy atom. The summed E-state index contributed by atoms with van der Waals surface area (Å²) in [6.45, 7) is 0. The van der Waals surface area contributed by atoms with Crippen LogP contribution in [-0.4, -0.2) is 14.6 Å². The molecule has 0 aliphatic heterocycles. The molecule has 60 valence electrons. The molecule has 0 rings (SSSR count).